The third-order valence-corrected chi connectivity index (χ3v) is 5.37. The lowest BCUT2D eigenvalue weighted by atomic mass is 10.1. The molecule has 1 aromatic carbocycles. The normalized spacial score (nSPS) is 18.1. The molecule has 0 spiro atoms. The predicted molar refractivity (Wildman–Crippen MR) is 88.9 cm³/mol. The minimum atomic E-state index is -0.488. The molecule has 0 radical (unpaired) electrons. The number of nitrogens with zero attached hydrogens (tertiary/aromatic N) is 1. The van der Waals surface area contributed by atoms with Gasteiger partial charge in [0.25, 0.3) is 0 Å². The summed E-state index contributed by atoms with van der Waals surface area (Å²) in [6.45, 7) is 1.07. The summed E-state index contributed by atoms with van der Waals surface area (Å²) in [7, 11) is 0. The van der Waals surface area contributed by atoms with Crippen LogP contribution in [0, 0.1) is 0 Å². The van der Waals surface area contributed by atoms with E-state index in [0.29, 0.717) is 18.8 Å². The van der Waals surface area contributed by atoms with E-state index in [4.69, 9.17) is 0 Å². The first-order valence-corrected chi connectivity index (χ1v) is 8.90. The van der Waals surface area contributed by atoms with Gasteiger partial charge in [0.05, 0.1) is 5.75 Å². The van der Waals surface area contributed by atoms with Crippen LogP contribution in [0.2, 0.25) is 0 Å². The maximum absolute atomic E-state index is 12.6. The van der Waals surface area contributed by atoms with Crippen LogP contribution in [0.1, 0.15) is 10.9 Å². The van der Waals surface area contributed by atoms with Crippen LogP contribution in [0.5, 0.6) is 0 Å². The first-order chi connectivity index (χ1) is 10.8. The van der Waals surface area contributed by atoms with Crippen molar-refractivity contribution in [3.05, 3.63) is 52.7 Å². The molecule has 1 aliphatic rings. The molecule has 2 heterocycles. The maximum Gasteiger partial charge on any atom is 0.248 e. The highest BCUT2D eigenvalue weighted by Gasteiger charge is 2.34. The molecule has 0 bridgehead atoms. The molecule has 1 aromatic heterocycles. The summed E-state index contributed by atoms with van der Waals surface area (Å²) in [4.78, 5) is 28.4. The fraction of sp³-hybridized carbons (Fsp3) is 0.250. The highest BCUT2D eigenvalue weighted by Crippen LogP contribution is 2.28. The van der Waals surface area contributed by atoms with Gasteiger partial charge in [-0.1, -0.05) is 24.3 Å². The van der Waals surface area contributed by atoms with Crippen molar-refractivity contribution < 1.29 is 9.59 Å². The van der Waals surface area contributed by atoms with Crippen LogP contribution in [0.15, 0.2) is 52.7 Å². The fourth-order valence-corrected chi connectivity index (χ4v) is 4.05. The Labute approximate surface area is 137 Å². The quantitative estimate of drug-likeness (QED) is 0.876. The Balaban J connectivity index is 1.70. The van der Waals surface area contributed by atoms with Crippen molar-refractivity contribution in [2.24, 2.45) is 0 Å². The highest BCUT2D eigenvalue weighted by molar-refractivity contribution is 8.00. The second kappa shape index (κ2) is 6.98. The molecule has 1 N–H and O–H groups in total. The summed E-state index contributed by atoms with van der Waals surface area (Å²) >= 11 is 3.01. The fourth-order valence-electron chi connectivity index (χ4n) is 2.41. The Morgan fingerprint density at radius 1 is 1.27 bits per heavy atom. The molecule has 1 saturated heterocycles. The van der Waals surface area contributed by atoms with Crippen LogP contribution >= 0.6 is 23.1 Å². The van der Waals surface area contributed by atoms with Crippen molar-refractivity contribution in [2.45, 2.75) is 10.9 Å². The summed E-state index contributed by atoms with van der Waals surface area (Å²) in [5.41, 5.74) is 0. The molecular formula is C16H16N2O2S2. The van der Waals surface area contributed by atoms with E-state index in [0.717, 1.165) is 9.77 Å². The number of benzene rings is 1. The van der Waals surface area contributed by atoms with E-state index in [9.17, 15) is 9.59 Å². The standard InChI is InChI=1S/C16H16N2O2S2/c19-14(11-22-12-5-2-1-3-6-12)18-9-8-17-16(20)15(18)13-7-4-10-21-13/h1-7,10,15H,8-9,11H2,(H,17,20). The molecule has 1 fully saturated rings. The van der Waals surface area contributed by atoms with Gasteiger partial charge in [0.1, 0.15) is 6.04 Å². The number of carbonyl (C=O) groups excluding carboxylic acids is 2. The van der Waals surface area contributed by atoms with Crippen molar-refractivity contribution in [3.8, 4) is 0 Å². The van der Waals surface area contributed by atoms with Crippen LogP contribution in [0.3, 0.4) is 0 Å². The second-order valence-corrected chi connectivity index (χ2v) is 6.93. The zero-order valence-corrected chi connectivity index (χ0v) is 13.5. The summed E-state index contributed by atoms with van der Waals surface area (Å²) in [6.07, 6.45) is 0. The van der Waals surface area contributed by atoms with Gasteiger partial charge in [-0.15, -0.1) is 23.1 Å². The molecule has 1 aliphatic heterocycles. The second-order valence-electron chi connectivity index (χ2n) is 4.90. The van der Waals surface area contributed by atoms with Gasteiger partial charge in [0.2, 0.25) is 11.8 Å². The van der Waals surface area contributed by atoms with E-state index in [1.807, 2.05) is 47.8 Å². The topological polar surface area (TPSA) is 49.4 Å². The molecule has 4 nitrogen and oxygen atoms in total. The molecule has 3 rings (SSSR count). The largest absolute Gasteiger partial charge is 0.352 e. The summed E-state index contributed by atoms with van der Waals surface area (Å²) in [6, 6.07) is 13.2. The maximum atomic E-state index is 12.6. The van der Waals surface area contributed by atoms with E-state index in [2.05, 4.69) is 5.32 Å². The number of piperazine rings is 1. The Morgan fingerprint density at radius 2 is 2.09 bits per heavy atom. The summed E-state index contributed by atoms with van der Waals surface area (Å²) in [5, 5.41) is 4.78. The number of amides is 2. The van der Waals surface area contributed by atoms with Gasteiger partial charge in [-0.05, 0) is 23.6 Å². The van der Waals surface area contributed by atoms with Crippen molar-refractivity contribution in [2.75, 3.05) is 18.8 Å². The molecule has 2 aromatic rings. The number of rotatable bonds is 4. The van der Waals surface area contributed by atoms with E-state index in [1.54, 1.807) is 4.90 Å². The Kier molecular flexibility index (Phi) is 4.80. The molecule has 0 aliphatic carbocycles. The summed E-state index contributed by atoms with van der Waals surface area (Å²) < 4.78 is 0. The zero-order chi connectivity index (χ0) is 15.4. The minimum absolute atomic E-state index is 0.00195. The smallest absolute Gasteiger partial charge is 0.248 e. The van der Waals surface area contributed by atoms with Gasteiger partial charge >= 0.3 is 0 Å². The molecule has 1 unspecified atom stereocenters. The average Bonchev–Trinajstić information content (AvgIpc) is 3.07. The number of hydrogen-bond acceptors (Lipinski definition) is 4. The molecule has 114 valence electrons. The summed E-state index contributed by atoms with van der Waals surface area (Å²) in [5.74, 6) is 0.257. The molecule has 6 heteroatoms. The van der Waals surface area contributed by atoms with Crippen LogP contribution in [0.25, 0.3) is 0 Å². The Hall–Kier alpha value is -1.79. The van der Waals surface area contributed by atoms with Gasteiger partial charge < -0.3 is 10.2 Å². The lowest BCUT2D eigenvalue weighted by molar-refractivity contribution is -0.141. The number of thiophene rings is 1. The van der Waals surface area contributed by atoms with Gasteiger partial charge in [0.15, 0.2) is 0 Å². The highest BCUT2D eigenvalue weighted by atomic mass is 32.2. The van der Waals surface area contributed by atoms with Crippen LogP contribution in [-0.2, 0) is 9.59 Å². The molecular weight excluding hydrogens is 316 g/mol. The SMILES string of the molecule is O=C1NCCN(C(=O)CSc2ccccc2)C1c1cccs1. The van der Waals surface area contributed by atoms with E-state index in [-0.39, 0.29) is 11.8 Å². The van der Waals surface area contributed by atoms with Gasteiger partial charge in [-0.2, -0.15) is 0 Å². The van der Waals surface area contributed by atoms with Crippen molar-refractivity contribution in [1.29, 1.82) is 0 Å². The van der Waals surface area contributed by atoms with Gasteiger partial charge in [-0.25, -0.2) is 0 Å². The lowest BCUT2D eigenvalue weighted by Gasteiger charge is -2.34. The monoisotopic (exact) mass is 332 g/mol. The van der Waals surface area contributed by atoms with Crippen molar-refractivity contribution in [3.63, 3.8) is 0 Å². The van der Waals surface area contributed by atoms with Crippen LogP contribution in [-0.4, -0.2) is 35.6 Å². The third-order valence-electron chi connectivity index (χ3n) is 3.45. The number of nitrogens with one attached hydrogen (secondary N) is 1. The zero-order valence-electron chi connectivity index (χ0n) is 11.9. The predicted octanol–water partition coefficient (Wildman–Crippen LogP) is 2.54. The van der Waals surface area contributed by atoms with Crippen LogP contribution in [0.4, 0.5) is 0 Å². The Morgan fingerprint density at radius 3 is 2.82 bits per heavy atom. The van der Waals surface area contributed by atoms with Crippen molar-refractivity contribution >= 4 is 34.9 Å². The van der Waals surface area contributed by atoms with E-state index in [1.165, 1.54) is 23.1 Å². The number of hydrogen-bond donors (Lipinski definition) is 1. The molecule has 0 saturated carbocycles. The third kappa shape index (κ3) is 3.34. The number of thioether (sulfide) groups is 1. The molecule has 1 atom stereocenters. The molecule has 2 amide bonds. The van der Waals surface area contributed by atoms with E-state index >= 15 is 0 Å². The Bertz CT molecular complexity index is 643. The van der Waals surface area contributed by atoms with E-state index < -0.39 is 6.04 Å². The van der Waals surface area contributed by atoms with Gasteiger partial charge in [-0.3, -0.25) is 9.59 Å². The first kappa shape index (κ1) is 15.1. The van der Waals surface area contributed by atoms with Crippen molar-refractivity contribution in [1.82, 2.24) is 10.2 Å². The van der Waals surface area contributed by atoms with Gasteiger partial charge in [0, 0.05) is 22.9 Å². The minimum Gasteiger partial charge on any atom is -0.352 e. The van der Waals surface area contributed by atoms with Crippen LogP contribution < -0.4 is 5.32 Å². The molecule has 22 heavy (non-hydrogen) atoms. The average molecular weight is 332 g/mol. The first-order valence-electron chi connectivity index (χ1n) is 7.04. The lowest BCUT2D eigenvalue weighted by Crippen LogP contribution is -2.52. The number of carbonyl (C=O) groups is 2.